The Balaban J connectivity index is 1.85. The van der Waals surface area contributed by atoms with Crippen LogP contribution < -0.4 is 0 Å². The van der Waals surface area contributed by atoms with E-state index in [-0.39, 0.29) is 24.6 Å². The number of hydrogen-bond donors (Lipinski definition) is 0. The van der Waals surface area contributed by atoms with Gasteiger partial charge in [0.05, 0.1) is 13.2 Å². The Morgan fingerprint density at radius 2 is 1.31 bits per heavy atom. The number of hydrogen-bond acceptors (Lipinski definition) is 7. The first kappa shape index (κ1) is 17.3. The molecule has 9 heteroatoms. The van der Waals surface area contributed by atoms with Crippen molar-refractivity contribution in [3.63, 3.8) is 0 Å². The highest BCUT2D eigenvalue weighted by Gasteiger charge is 2.13. The molecule has 0 aliphatic rings. The molecule has 3 aromatic rings. The van der Waals surface area contributed by atoms with Gasteiger partial charge in [0.25, 0.3) is 0 Å². The third-order valence-corrected chi connectivity index (χ3v) is 3.34. The first-order valence-electron chi connectivity index (χ1n) is 8.05. The summed E-state index contributed by atoms with van der Waals surface area (Å²) < 4.78 is 12.8. The van der Waals surface area contributed by atoms with Gasteiger partial charge in [-0.2, -0.15) is 10.2 Å². The number of ether oxygens (including phenoxy) is 2. The summed E-state index contributed by atoms with van der Waals surface area (Å²) in [6.07, 6.45) is 3.23. The van der Waals surface area contributed by atoms with Crippen LogP contribution in [-0.2, 0) is 9.47 Å². The highest BCUT2D eigenvalue weighted by atomic mass is 16.5. The maximum absolute atomic E-state index is 11.7. The number of rotatable bonds is 6. The van der Waals surface area contributed by atoms with Crippen LogP contribution >= 0.6 is 0 Å². The molecule has 3 heterocycles. The van der Waals surface area contributed by atoms with Crippen molar-refractivity contribution >= 4 is 11.9 Å². The fourth-order valence-corrected chi connectivity index (χ4v) is 2.20. The van der Waals surface area contributed by atoms with Crippen molar-refractivity contribution in [2.45, 2.75) is 13.8 Å². The van der Waals surface area contributed by atoms with Gasteiger partial charge in [-0.3, -0.25) is 0 Å². The Hall–Kier alpha value is -3.49. The zero-order valence-electron chi connectivity index (χ0n) is 14.3. The second kappa shape index (κ2) is 7.60. The Morgan fingerprint density at radius 1 is 0.846 bits per heavy atom. The van der Waals surface area contributed by atoms with E-state index in [9.17, 15) is 9.59 Å². The molecule has 134 valence electrons. The molecular formula is C17H17N5O4. The molecule has 3 aromatic heterocycles. The normalized spacial score (nSPS) is 10.5. The van der Waals surface area contributed by atoms with Crippen LogP contribution in [-0.4, -0.2) is 49.7 Å². The molecule has 0 amide bonds. The van der Waals surface area contributed by atoms with Crippen molar-refractivity contribution in [2.75, 3.05) is 13.2 Å². The average Bonchev–Trinajstić information content (AvgIpc) is 3.32. The molecular weight excluding hydrogens is 338 g/mol. The Labute approximate surface area is 149 Å². The summed E-state index contributed by atoms with van der Waals surface area (Å²) in [5.74, 6) is -0.000384. The second-order valence-corrected chi connectivity index (χ2v) is 5.09. The van der Waals surface area contributed by atoms with E-state index in [0.29, 0.717) is 11.6 Å². The summed E-state index contributed by atoms with van der Waals surface area (Å²) in [7, 11) is 0. The predicted octanol–water partition coefficient (Wildman–Crippen LogP) is 1.81. The van der Waals surface area contributed by atoms with Gasteiger partial charge in [-0.25, -0.2) is 23.9 Å². The van der Waals surface area contributed by atoms with Gasteiger partial charge in [-0.05, 0) is 38.1 Å². The number of pyridine rings is 1. The zero-order chi connectivity index (χ0) is 18.5. The van der Waals surface area contributed by atoms with Gasteiger partial charge < -0.3 is 9.47 Å². The Kier molecular flexibility index (Phi) is 5.07. The molecule has 9 nitrogen and oxygen atoms in total. The van der Waals surface area contributed by atoms with E-state index in [1.165, 1.54) is 9.36 Å². The smallest absolute Gasteiger partial charge is 0.358 e. The zero-order valence-corrected chi connectivity index (χ0v) is 14.3. The van der Waals surface area contributed by atoms with E-state index < -0.39 is 11.9 Å². The van der Waals surface area contributed by atoms with Crippen LogP contribution in [0.3, 0.4) is 0 Å². The highest BCUT2D eigenvalue weighted by molar-refractivity contribution is 5.87. The summed E-state index contributed by atoms with van der Waals surface area (Å²) in [6.45, 7) is 4.02. The summed E-state index contributed by atoms with van der Waals surface area (Å²) in [5.41, 5.74) is 0.394. The molecule has 26 heavy (non-hydrogen) atoms. The van der Waals surface area contributed by atoms with E-state index in [1.54, 1.807) is 56.6 Å². The number of carbonyl (C=O) groups is 2. The van der Waals surface area contributed by atoms with Crippen molar-refractivity contribution in [1.82, 2.24) is 24.5 Å². The van der Waals surface area contributed by atoms with Crippen LogP contribution in [0.4, 0.5) is 0 Å². The fourth-order valence-electron chi connectivity index (χ4n) is 2.20. The molecule has 0 radical (unpaired) electrons. The lowest BCUT2D eigenvalue weighted by molar-refractivity contribution is 0.0509. The topological polar surface area (TPSA) is 101 Å². The van der Waals surface area contributed by atoms with Gasteiger partial charge in [-0.1, -0.05) is 6.07 Å². The van der Waals surface area contributed by atoms with E-state index >= 15 is 0 Å². The molecule has 0 aromatic carbocycles. The quantitative estimate of drug-likeness (QED) is 0.621. The Morgan fingerprint density at radius 3 is 1.73 bits per heavy atom. The second-order valence-electron chi connectivity index (χ2n) is 5.09. The molecule has 0 saturated heterocycles. The van der Waals surface area contributed by atoms with Gasteiger partial charge in [-0.15, -0.1) is 0 Å². The first-order chi connectivity index (χ1) is 12.6. The fraction of sp³-hybridized carbons (Fsp3) is 0.235. The van der Waals surface area contributed by atoms with Crippen molar-refractivity contribution < 1.29 is 19.1 Å². The number of nitrogens with zero attached hydrogens (tertiary/aromatic N) is 5. The molecule has 0 unspecified atom stereocenters. The van der Waals surface area contributed by atoms with Crippen LogP contribution in [0, 0.1) is 0 Å². The van der Waals surface area contributed by atoms with Gasteiger partial charge in [0.1, 0.15) is 0 Å². The molecule has 0 fully saturated rings. The van der Waals surface area contributed by atoms with Crippen LogP contribution in [0.5, 0.6) is 0 Å². The van der Waals surface area contributed by atoms with Crippen LogP contribution in [0.1, 0.15) is 34.8 Å². The third kappa shape index (κ3) is 3.61. The standard InChI is InChI=1S/C17H17N5O4/c1-3-25-16(23)12-8-10-21(19-12)14-6-5-7-15(18-14)22-11-9-13(20-22)17(24)26-4-2/h5-11H,3-4H2,1-2H3. The van der Waals surface area contributed by atoms with E-state index in [1.807, 2.05) is 0 Å². The number of esters is 2. The SMILES string of the molecule is CCOC(=O)c1ccn(-c2cccc(-n3ccc(C(=O)OCC)n3)n2)n1. The molecule has 0 atom stereocenters. The van der Waals surface area contributed by atoms with Crippen molar-refractivity contribution in [1.29, 1.82) is 0 Å². The predicted molar refractivity (Wildman–Crippen MR) is 90.4 cm³/mol. The summed E-state index contributed by atoms with van der Waals surface area (Å²) >= 11 is 0. The average molecular weight is 355 g/mol. The van der Waals surface area contributed by atoms with Crippen LogP contribution in [0.15, 0.2) is 42.7 Å². The minimum Gasteiger partial charge on any atom is -0.461 e. The molecule has 0 aliphatic carbocycles. The van der Waals surface area contributed by atoms with Crippen LogP contribution in [0.25, 0.3) is 11.6 Å². The van der Waals surface area contributed by atoms with Crippen LogP contribution in [0.2, 0.25) is 0 Å². The molecule has 0 aliphatic heterocycles. The number of aromatic nitrogens is 5. The van der Waals surface area contributed by atoms with Gasteiger partial charge in [0.2, 0.25) is 0 Å². The van der Waals surface area contributed by atoms with Gasteiger partial charge in [0, 0.05) is 12.4 Å². The summed E-state index contributed by atoms with van der Waals surface area (Å²) in [6, 6.07) is 8.36. The van der Waals surface area contributed by atoms with Crippen molar-refractivity contribution in [3.8, 4) is 11.6 Å². The minimum atomic E-state index is -0.492. The van der Waals surface area contributed by atoms with Crippen molar-refractivity contribution in [2.24, 2.45) is 0 Å². The largest absolute Gasteiger partial charge is 0.461 e. The maximum atomic E-state index is 11.7. The van der Waals surface area contributed by atoms with Gasteiger partial charge >= 0.3 is 11.9 Å². The summed E-state index contributed by atoms with van der Waals surface area (Å²) in [4.78, 5) is 27.9. The lowest BCUT2D eigenvalue weighted by atomic mass is 10.4. The monoisotopic (exact) mass is 355 g/mol. The number of carbonyl (C=O) groups excluding carboxylic acids is 2. The lowest BCUT2D eigenvalue weighted by Gasteiger charge is -2.04. The maximum Gasteiger partial charge on any atom is 0.358 e. The minimum absolute atomic E-state index is 0.197. The van der Waals surface area contributed by atoms with Crippen molar-refractivity contribution in [3.05, 3.63) is 54.1 Å². The first-order valence-corrected chi connectivity index (χ1v) is 8.05. The third-order valence-electron chi connectivity index (χ3n) is 3.34. The van der Waals surface area contributed by atoms with E-state index in [2.05, 4.69) is 15.2 Å². The molecule has 0 bridgehead atoms. The van der Waals surface area contributed by atoms with E-state index in [4.69, 9.17) is 9.47 Å². The Bertz CT molecular complexity index is 859. The molecule has 3 rings (SSSR count). The van der Waals surface area contributed by atoms with Gasteiger partial charge in [0.15, 0.2) is 23.0 Å². The highest BCUT2D eigenvalue weighted by Crippen LogP contribution is 2.11. The summed E-state index contributed by atoms with van der Waals surface area (Å²) in [5, 5.41) is 8.33. The molecule has 0 saturated carbocycles. The molecule has 0 N–H and O–H groups in total. The lowest BCUT2D eigenvalue weighted by Crippen LogP contribution is -2.09. The molecule has 0 spiro atoms. The van der Waals surface area contributed by atoms with E-state index in [0.717, 1.165) is 0 Å².